The molecule has 0 saturated carbocycles. The predicted octanol–water partition coefficient (Wildman–Crippen LogP) is -1.05. The van der Waals surface area contributed by atoms with Gasteiger partial charge in [0, 0.05) is 13.0 Å². The molecule has 0 radical (unpaired) electrons. The van der Waals surface area contributed by atoms with Gasteiger partial charge in [0.2, 0.25) is 11.8 Å². The third-order valence-electron chi connectivity index (χ3n) is 2.78. The molecule has 0 bridgehead atoms. The molecule has 1 unspecified atom stereocenters. The molecule has 1 fully saturated rings. The lowest BCUT2D eigenvalue weighted by Gasteiger charge is -2.20. The van der Waals surface area contributed by atoms with E-state index in [0.29, 0.717) is 13.0 Å². The summed E-state index contributed by atoms with van der Waals surface area (Å²) in [7, 11) is 0. The summed E-state index contributed by atoms with van der Waals surface area (Å²) in [6.07, 6.45) is 1.52. The summed E-state index contributed by atoms with van der Waals surface area (Å²) in [6.45, 7) is 0.120. The van der Waals surface area contributed by atoms with E-state index in [4.69, 9.17) is 10.2 Å². The molecular weight excluding hydrogens is 240 g/mol. The van der Waals surface area contributed by atoms with Gasteiger partial charge in [0.15, 0.2) is 6.10 Å². The van der Waals surface area contributed by atoms with E-state index in [1.165, 1.54) is 4.90 Å². The number of aliphatic hydroxyl groups is 1. The molecule has 102 valence electrons. The first-order valence-electron chi connectivity index (χ1n) is 5.96. The molecule has 7 nitrogen and oxygen atoms in total. The molecule has 0 spiro atoms. The van der Waals surface area contributed by atoms with E-state index in [0.717, 1.165) is 19.3 Å². The Hall–Kier alpha value is -1.63. The SMILES string of the molecule is O=C(CN1CCCCCC1=O)NCC(O)C(=O)O. The first kappa shape index (κ1) is 14.4. The van der Waals surface area contributed by atoms with Gasteiger partial charge in [0.25, 0.3) is 0 Å². The molecular formula is C11H18N2O5. The zero-order valence-electron chi connectivity index (χ0n) is 10.1. The quantitative estimate of drug-likeness (QED) is 0.583. The molecule has 1 heterocycles. The smallest absolute Gasteiger partial charge is 0.334 e. The molecule has 7 heteroatoms. The van der Waals surface area contributed by atoms with Crippen LogP contribution in [0.2, 0.25) is 0 Å². The first-order chi connectivity index (χ1) is 8.50. The average Bonchev–Trinajstić information content (AvgIpc) is 2.52. The van der Waals surface area contributed by atoms with Crippen LogP contribution in [0.25, 0.3) is 0 Å². The second-order valence-corrected chi connectivity index (χ2v) is 4.28. The lowest BCUT2D eigenvalue weighted by Crippen LogP contribution is -2.43. The Morgan fingerprint density at radius 3 is 2.72 bits per heavy atom. The fourth-order valence-electron chi connectivity index (χ4n) is 1.73. The van der Waals surface area contributed by atoms with Gasteiger partial charge in [-0.3, -0.25) is 9.59 Å². The van der Waals surface area contributed by atoms with Crippen molar-refractivity contribution in [3.8, 4) is 0 Å². The number of amides is 2. The van der Waals surface area contributed by atoms with Gasteiger partial charge < -0.3 is 20.4 Å². The number of aliphatic hydroxyl groups excluding tert-OH is 1. The van der Waals surface area contributed by atoms with Crippen LogP contribution in [-0.4, -0.2) is 58.6 Å². The lowest BCUT2D eigenvalue weighted by atomic mass is 10.2. The van der Waals surface area contributed by atoms with Gasteiger partial charge in [-0.2, -0.15) is 0 Å². The Kier molecular flexibility index (Phi) is 5.57. The Morgan fingerprint density at radius 2 is 2.06 bits per heavy atom. The van der Waals surface area contributed by atoms with Crippen molar-refractivity contribution in [2.45, 2.75) is 31.8 Å². The number of rotatable bonds is 5. The normalized spacial score (nSPS) is 18.1. The topological polar surface area (TPSA) is 107 Å². The second-order valence-electron chi connectivity index (χ2n) is 4.28. The molecule has 1 atom stereocenters. The van der Waals surface area contributed by atoms with Crippen molar-refractivity contribution in [3.05, 3.63) is 0 Å². The van der Waals surface area contributed by atoms with Crippen molar-refractivity contribution in [1.82, 2.24) is 10.2 Å². The van der Waals surface area contributed by atoms with Crippen molar-refractivity contribution in [2.24, 2.45) is 0 Å². The van der Waals surface area contributed by atoms with Crippen LogP contribution in [0, 0.1) is 0 Å². The molecule has 1 rings (SSSR count). The van der Waals surface area contributed by atoms with Crippen LogP contribution >= 0.6 is 0 Å². The number of nitrogens with one attached hydrogen (secondary N) is 1. The molecule has 1 aliphatic heterocycles. The highest BCUT2D eigenvalue weighted by Gasteiger charge is 2.20. The van der Waals surface area contributed by atoms with Gasteiger partial charge in [0.1, 0.15) is 0 Å². The van der Waals surface area contributed by atoms with E-state index in [1.54, 1.807) is 0 Å². The van der Waals surface area contributed by atoms with E-state index >= 15 is 0 Å². The molecule has 0 aliphatic carbocycles. The van der Waals surface area contributed by atoms with Gasteiger partial charge in [-0.1, -0.05) is 6.42 Å². The summed E-state index contributed by atoms with van der Waals surface area (Å²) in [4.78, 5) is 34.9. The largest absolute Gasteiger partial charge is 0.479 e. The summed E-state index contributed by atoms with van der Waals surface area (Å²) in [5.41, 5.74) is 0. The average molecular weight is 258 g/mol. The van der Waals surface area contributed by atoms with Crippen molar-refractivity contribution in [1.29, 1.82) is 0 Å². The highest BCUT2D eigenvalue weighted by atomic mass is 16.4. The maximum Gasteiger partial charge on any atom is 0.334 e. The molecule has 0 aromatic carbocycles. The summed E-state index contributed by atoms with van der Waals surface area (Å²) >= 11 is 0. The fourth-order valence-corrected chi connectivity index (χ4v) is 1.73. The minimum Gasteiger partial charge on any atom is -0.479 e. The minimum atomic E-state index is -1.62. The van der Waals surface area contributed by atoms with Crippen LogP contribution in [0.1, 0.15) is 25.7 Å². The molecule has 0 aromatic heterocycles. The summed E-state index contributed by atoms with van der Waals surface area (Å²) in [5, 5.41) is 19.7. The Balaban J connectivity index is 2.34. The third-order valence-corrected chi connectivity index (χ3v) is 2.78. The Morgan fingerprint density at radius 1 is 1.33 bits per heavy atom. The number of carboxylic acid groups (broad SMARTS) is 1. The van der Waals surface area contributed by atoms with Crippen LogP contribution in [0.15, 0.2) is 0 Å². The monoisotopic (exact) mass is 258 g/mol. The number of aliphatic carboxylic acids is 1. The zero-order valence-corrected chi connectivity index (χ0v) is 10.1. The summed E-state index contributed by atoms with van der Waals surface area (Å²) in [6, 6.07) is 0. The number of hydrogen-bond acceptors (Lipinski definition) is 4. The number of nitrogens with zero attached hydrogens (tertiary/aromatic N) is 1. The Bertz CT molecular complexity index is 331. The molecule has 0 aromatic rings. The lowest BCUT2D eigenvalue weighted by molar-refractivity contribution is -0.146. The highest BCUT2D eigenvalue weighted by molar-refractivity contribution is 5.85. The van der Waals surface area contributed by atoms with E-state index in [2.05, 4.69) is 5.32 Å². The van der Waals surface area contributed by atoms with Crippen LogP contribution in [0.4, 0.5) is 0 Å². The maximum atomic E-state index is 11.6. The van der Waals surface area contributed by atoms with Crippen molar-refractivity contribution in [3.63, 3.8) is 0 Å². The molecule has 1 aliphatic rings. The van der Waals surface area contributed by atoms with E-state index in [-0.39, 0.29) is 19.0 Å². The molecule has 18 heavy (non-hydrogen) atoms. The van der Waals surface area contributed by atoms with E-state index in [1.807, 2.05) is 0 Å². The second kappa shape index (κ2) is 6.95. The number of hydrogen-bond donors (Lipinski definition) is 3. The Labute approximate surface area is 105 Å². The maximum absolute atomic E-state index is 11.6. The van der Waals surface area contributed by atoms with Crippen LogP contribution in [0.5, 0.6) is 0 Å². The highest BCUT2D eigenvalue weighted by Crippen LogP contribution is 2.10. The minimum absolute atomic E-state index is 0.0542. The van der Waals surface area contributed by atoms with Gasteiger partial charge in [-0.15, -0.1) is 0 Å². The molecule has 2 amide bonds. The third kappa shape index (κ3) is 4.70. The van der Waals surface area contributed by atoms with Gasteiger partial charge in [-0.05, 0) is 12.8 Å². The summed E-state index contributed by atoms with van der Waals surface area (Å²) < 4.78 is 0. The standard InChI is InChI=1S/C11H18N2O5/c14-8(11(17)18)6-12-9(15)7-13-5-3-1-2-4-10(13)16/h8,14H,1-7H2,(H,12,15)(H,17,18). The van der Waals surface area contributed by atoms with Gasteiger partial charge in [0.05, 0.1) is 13.1 Å². The number of carbonyl (C=O) groups excluding carboxylic acids is 2. The molecule has 1 saturated heterocycles. The number of likely N-dealkylation sites (tertiary alicyclic amines) is 1. The first-order valence-corrected chi connectivity index (χ1v) is 5.96. The fraction of sp³-hybridized carbons (Fsp3) is 0.727. The van der Waals surface area contributed by atoms with Crippen molar-refractivity contribution in [2.75, 3.05) is 19.6 Å². The molecule has 3 N–H and O–H groups in total. The van der Waals surface area contributed by atoms with E-state index in [9.17, 15) is 14.4 Å². The van der Waals surface area contributed by atoms with E-state index < -0.39 is 18.0 Å². The van der Waals surface area contributed by atoms with Crippen molar-refractivity contribution < 1.29 is 24.6 Å². The van der Waals surface area contributed by atoms with Crippen LogP contribution < -0.4 is 5.32 Å². The summed E-state index contributed by atoms with van der Waals surface area (Å²) in [5.74, 6) is -1.90. The van der Waals surface area contributed by atoms with Crippen LogP contribution in [0.3, 0.4) is 0 Å². The van der Waals surface area contributed by atoms with Gasteiger partial charge in [-0.25, -0.2) is 4.79 Å². The van der Waals surface area contributed by atoms with Gasteiger partial charge >= 0.3 is 5.97 Å². The van der Waals surface area contributed by atoms with Crippen LogP contribution in [-0.2, 0) is 14.4 Å². The number of carbonyl (C=O) groups is 3. The number of carboxylic acids is 1. The predicted molar refractivity (Wildman–Crippen MR) is 61.7 cm³/mol. The van der Waals surface area contributed by atoms with Crippen molar-refractivity contribution >= 4 is 17.8 Å². The zero-order chi connectivity index (χ0) is 13.5.